The molecule has 2 nitrogen and oxygen atoms in total. The number of ketones is 1. The van der Waals surface area contributed by atoms with E-state index in [-0.39, 0.29) is 5.78 Å². The highest BCUT2D eigenvalue weighted by molar-refractivity contribution is 5.99. The van der Waals surface area contributed by atoms with Crippen LogP contribution in [0.25, 0.3) is 0 Å². The van der Waals surface area contributed by atoms with Gasteiger partial charge in [0.05, 0.1) is 12.2 Å². The van der Waals surface area contributed by atoms with Crippen LogP contribution in [0.3, 0.4) is 0 Å². The highest BCUT2D eigenvalue weighted by Gasteiger charge is 2.18. The molecule has 0 atom stereocenters. The van der Waals surface area contributed by atoms with E-state index < -0.39 is 0 Å². The van der Waals surface area contributed by atoms with Crippen molar-refractivity contribution in [2.75, 3.05) is 6.61 Å². The Morgan fingerprint density at radius 2 is 1.86 bits per heavy atom. The molecule has 0 fully saturated rings. The van der Waals surface area contributed by atoms with Crippen molar-refractivity contribution in [1.82, 2.24) is 0 Å². The van der Waals surface area contributed by atoms with Crippen LogP contribution in [0.5, 0.6) is 5.75 Å². The minimum Gasteiger partial charge on any atom is -0.493 e. The molecule has 0 N–H and O–H groups in total. The number of unbranched alkanes of at least 4 members (excludes halogenated alkanes) is 6. The fraction of sp³-hybridized carbons (Fsp3) is 0.632. The number of fused-ring (bicyclic) bond motifs is 1. The van der Waals surface area contributed by atoms with Gasteiger partial charge >= 0.3 is 0 Å². The Balaban J connectivity index is 1.76. The van der Waals surface area contributed by atoms with E-state index in [1.165, 1.54) is 44.1 Å². The van der Waals surface area contributed by atoms with Gasteiger partial charge in [-0.05, 0) is 30.9 Å². The van der Waals surface area contributed by atoms with E-state index in [2.05, 4.69) is 13.0 Å². The molecule has 2 rings (SSSR count). The van der Waals surface area contributed by atoms with Crippen molar-refractivity contribution < 1.29 is 9.53 Å². The van der Waals surface area contributed by atoms with Crippen LogP contribution in [0.1, 0.15) is 80.6 Å². The summed E-state index contributed by atoms with van der Waals surface area (Å²) in [6.07, 6.45) is 11.5. The summed E-state index contributed by atoms with van der Waals surface area (Å²) in [4.78, 5) is 12.4. The van der Waals surface area contributed by atoms with Gasteiger partial charge in [0.15, 0.2) is 5.78 Å². The number of aryl methyl sites for hydroxylation is 1. The molecule has 1 aliphatic rings. The Bertz CT molecular complexity index is 451. The van der Waals surface area contributed by atoms with E-state index in [4.69, 9.17) is 4.74 Å². The van der Waals surface area contributed by atoms with E-state index in [1.807, 2.05) is 12.1 Å². The molecule has 0 radical (unpaired) electrons. The van der Waals surface area contributed by atoms with Crippen LogP contribution in [0, 0.1) is 0 Å². The zero-order valence-electron chi connectivity index (χ0n) is 13.3. The van der Waals surface area contributed by atoms with Gasteiger partial charge in [-0.1, -0.05) is 57.6 Å². The molecule has 21 heavy (non-hydrogen) atoms. The van der Waals surface area contributed by atoms with Gasteiger partial charge in [0, 0.05) is 6.42 Å². The van der Waals surface area contributed by atoms with Gasteiger partial charge < -0.3 is 4.74 Å². The molecule has 1 aliphatic heterocycles. The van der Waals surface area contributed by atoms with Crippen molar-refractivity contribution in [2.45, 2.75) is 71.1 Å². The number of para-hydroxylation sites is 1. The molecule has 0 saturated heterocycles. The average Bonchev–Trinajstić information content (AvgIpc) is 2.53. The average molecular weight is 288 g/mol. The second-order valence-electron chi connectivity index (χ2n) is 6.04. The summed E-state index contributed by atoms with van der Waals surface area (Å²) in [5.41, 5.74) is 2.00. The number of carbonyl (C=O) groups is 1. The number of hydrogen-bond acceptors (Lipinski definition) is 2. The standard InChI is InChI=1S/C19H28O2/c1-2-3-4-5-6-7-8-14-18(20)17-13-9-11-16-12-10-15-21-19(16)17/h9,11,13H,2-8,10,12,14-15H2,1H3. The zero-order chi connectivity index (χ0) is 14.9. The lowest BCUT2D eigenvalue weighted by molar-refractivity contribution is 0.0974. The van der Waals surface area contributed by atoms with Gasteiger partial charge in [0.1, 0.15) is 5.75 Å². The van der Waals surface area contributed by atoms with Crippen molar-refractivity contribution >= 4 is 5.78 Å². The molecule has 0 aromatic heterocycles. The van der Waals surface area contributed by atoms with E-state index in [0.717, 1.165) is 37.2 Å². The number of ether oxygens (including phenoxy) is 1. The first-order chi connectivity index (χ1) is 10.3. The topological polar surface area (TPSA) is 26.3 Å². The summed E-state index contributed by atoms with van der Waals surface area (Å²) < 4.78 is 5.73. The van der Waals surface area contributed by atoms with Gasteiger partial charge in [-0.2, -0.15) is 0 Å². The molecule has 0 bridgehead atoms. The number of rotatable bonds is 9. The Morgan fingerprint density at radius 1 is 1.10 bits per heavy atom. The van der Waals surface area contributed by atoms with E-state index in [1.54, 1.807) is 0 Å². The molecule has 0 unspecified atom stereocenters. The fourth-order valence-electron chi connectivity index (χ4n) is 2.99. The molecule has 1 aromatic rings. The van der Waals surface area contributed by atoms with Gasteiger partial charge in [0.2, 0.25) is 0 Å². The smallest absolute Gasteiger partial charge is 0.166 e. The minimum absolute atomic E-state index is 0.252. The molecule has 0 aliphatic carbocycles. The molecule has 2 heteroatoms. The van der Waals surface area contributed by atoms with Crippen molar-refractivity contribution in [1.29, 1.82) is 0 Å². The van der Waals surface area contributed by atoms with Crippen LogP contribution in [-0.4, -0.2) is 12.4 Å². The van der Waals surface area contributed by atoms with E-state index in [0.29, 0.717) is 6.42 Å². The summed E-state index contributed by atoms with van der Waals surface area (Å²) in [5.74, 6) is 1.11. The predicted octanol–water partition coefficient (Wildman–Crippen LogP) is 5.34. The third-order valence-corrected chi connectivity index (χ3v) is 4.24. The SMILES string of the molecule is CCCCCCCCCC(=O)c1cccc2c1OCCC2. The van der Waals surface area contributed by atoms with Crippen molar-refractivity contribution in [3.8, 4) is 5.75 Å². The largest absolute Gasteiger partial charge is 0.493 e. The molecule has 1 heterocycles. The highest BCUT2D eigenvalue weighted by atomic mass is 16.5. The Morgan fingerprint density at radius 3 is 2.67 bits per heavy atom. The van der Waals surface area contributed by atoms with Crippen molar-refractivity contribution in [3.05, 3.63) is 29.3 Å². The second kappa shape index (κ2) is 8.86. The molecule has 0 spiro atoms. The molecular formula is C19H28O2. The van der Waals surface area contributed by atoms with Crippen LogP contribution >= 0.6 is 0 Å². The molecule has 1 aromatic carbocycles. The first kappa shape index (κ1) is 16.1. The monoisotopic (exact) mass is 288 g/mol. The third-order valence-electron chi connectivity index (χ3n) is 4.24. The third kappa shape index (κ3) is 4.87. The van der Waals surface area contributed by atoms with Crippen molar-refractivity contribution in [3.63, 3.8) is 0 Å². The maximum absolute atomic E-state index is 12.4. The Hall–Kier alpha value is -1.31. The van der Waals surface area contributed by atoms with E-state index in [9.17, 15) is 4.79 Å². The Labute approximate surface area is 128 Å². The summed E-state index contributed by atoms with van der Waals surface area (Å²) >= 11 is 0. The minimum atomic E-state index is 0.252. The molecular weight excluding hydrogens is 260 g/mol. The summed E-state index contributed by atoms with van der Waals surface area (Å²) in [7, 11) is 0. The van der Waals surface area contributed by atoms with Crippen LogP contribution in [0.2, 0.25) is 0 Å². The van der Waals surface area contributed by atoms with Gasteiger partial charge in [-0.15, -0.1) is 0 Å². The van der Waals surface area contributed by atoms with E-state index >= 15 is 0 Å². The maximum Gasteiger partial charge on any atom is 0.166 e. The Kier molecular flexibility index (Phi) is 6.78. The number of benzene rings is 1. The lowest BCUT2D eigenvalue weighted by atomic mass is 9.97. The molecule has 0 amide bonds. The summed E-state index contributed by atoms with van der Waals surface area (Å²) in [6.45, 7) is 2.98. The first-order valence-electron chi connectivity index (χ1n) is 8.61. The fourth-order valence-corrected chi connectivity index (χ4v) is 2.99. The first-order valence-corrected chi connectivity index (χ1v) is 8.61. The number of hydrogen-bond donors (Lipinski definition) is 0. The number of carbonyl (C=O) groups excluding carboxylic acids is 1. The lowest BCUT2D eigenvalue weighted by Gasteiger charge is -2.19. The quantitative estimate of drug-likeness (QED) is 0.453. The maximum atomic E-state index is 12.4. The normalized spacial score (nSPS) is 13.6. The van der Waals surface area contributed by atoms with Crippen LogP contribution < -0.4 is 4.74 Å². The van der Waals surface area contributed by atoms with Gasteiger partial charge in [-0.3, -0.25) is 4.79 Å². The predicted molar refractivity (Wildman–Crippen MR) is 87.2 cm³/mol. The summed E-state index contributed by atoms with van der Waals surface area (Å²) in [6, 6.07) is 6.00. The van der Waals surface area contributed by atoms with Gasteiger partial charge in [-0.25, -0.2) is 0 Å². The zero-order valence-corrected chi connectivity index (χ0v) is 13.3. The van der Waals surface area contributed by atoms with Crippen LogP contribution in [0.15, 0.2) is 18.2 Å². The van der Waals surface area contributed by atoms with Crippen molar-refractivity contribution in [2.24, 2.45) is 0 Å². The second-order valence-corrected chi connectivity index (χ2v) is 6.04. The van der Waals surface area contributed by atoms with Gasteiger partial charge in [0.25, 0.3) is 0 Å². The highest BCUT2D eigenvalue weighted by Crippen LogP contribution is 2.30. The van der Waals surface area contributed by atoms with Crippen LogP contribution in [-0.2, 0) is 6.42 Å². The molecule has 0 saturated carbocycles. The summed E-state index contributed by atoms with van der Waals surface area (Å²) in [5, 5.41) is 0. The number of Topliss-reactive ketones (excluding diaryl/α,β-unsaturated/α-hetero) is 1. The molecule has 116 valence electrons. The lowest BCUT2D eigenvalue weighted by Crippen LogP contribution is -2.12. The van der Waals surface area contributed by atoms with Crippen LogP contribution in [0.4, 0.5) is 0 Å².